The van der Waals surface area contributed by atoms with Gasteiger partial charge in [0.2, 0.25) is 0 Å². The number of hydrogen-bond donors (Lipinski definition) is 0. The molecule has 27 heavy (non-hydrogen) atoms. The summed E-state index contributed by atoms with van der Waals surface area (Å²) < 4.78 is 10.9. The van der Waals surface area contributed by atoms with E-state index in [1.54, 1.807) is 14.2 Å². The molecule has 4 heteroatoms. The summed E-state index contributed by atoms with van der Waals surface area (Å²) in [7, 11) is 3.22. The number of hydrogen-bond acceptors (Lipinski definition) is 4. The Kier molecular flexibility index (Phi) is 5.17. The second kappa shape index (κ2) is 7.73. The highest BCUT2D eigenvalue weighted by atomic mass is 16.5. The predicted octanol–water partition coefficient (Wildman–Crippen LogP) is 4.33. The third kappa shape index (κ3) is 3.46. The van der Waals surface area contributed by atoms with E-state index in [4.69, 9.17) is 9.47 Å². The van der Waals surface area contributed by atoms with Crippen molar-refractivity contribution < 1.29 is 14.3 Å². The van der Waals surface area contributed by atoms with E-state index in [1.807, 2.05) is 18.2 Å². The van der Waals surface area contributed by atoms with Gasteiger partial charge in [0.1, 0.15) is 17.1 Å². The molecule has 0 N–H and O–H groups in total. The van der Waals surface area contributed by atoms with Crippen molar-refractivity contribution >= 4 is 5.78 Å². The van der Waals surface area contributed by atoms with Crippen molar-refractivity contribution in [3.8, 4) is 11.5 Å². The van der Waals surface area contributed by atoms with Crippen LogP contribution in [-0.4, -0.2) is 37.0 Å². The molecule has 4 nitrogen and oxygen atoms in total. The van der Waals surface area contributed by atoms with Gasteiger partial charge < -0.3 is 9.47 Å². The van der Waals surface area contributed by atoms with E-state index >= 15 is 0 Å². The van der Waals surface area contributed by atoms with Crippen LogP contribution in [0.25, 0.3) is 0 Å². The first-order chi connectivity index (χ1) is 13.2. The zero-order valence-corrected chi connectivity index (χ0v) is 16.1. The molecule has 0 saturated carbocycles. The maximum atomic E-state index is 13.4. The van der Waals surface area contributed by atoms with Crippen LogP contribution in [-0.2, 0) is 6.54 Å². The Labute approximate surface area is 161 Å². The summed E-state index contributed by atoms with van der Waals surface area (Å²) >= 11 is 0. The Morgan fingerprint density at radius 1 is 0.926 bits per heavy atom. The monoisotopic (exact) mass is 365 g/mol. The lowest BCUT2D eigenvalue weighted by Gasteiger charge is -2.38. The number of Topliss-reactive ketones (excluding diaryl/α,β-unsaturated/α-hetero) is 1. The Morgan fingerprint density at radius 2 is 1.52 bits per heavy atom. The van der Waals surface area contributed by atoms with Crippen molar-refractivity contribution in [1.29, 1.82) is 0 Å². The zero-order chi connectivity index (χ0) is 18.8. The van der Waals surface area contributed by atoms with Crippen LogP contribution in [0, 0.1) is 5.92 Å². The van der Waals surface area contributed by atoms with Crippen LogP contribution in [0.2, 0.25) is 0 Å². The van der Waals surface area contributed by atoms with Gasteiger partial charge in [0.15, 0.2) is 5.78 Å². The van der Waals surface area contributed by atoms with Gasteiger partial charge in [-0.05, 0) is 43.4 Å². The van der Waals surface area contributed by atoms with Gasteiger partial charge in [-0.3, -0.25) is 9.69 Å². The molecule has 2 aliphatic heterocycles. The minimum atomic E-state index is 0.0414. The largest absolute Gasteiger partial charge is 0.496 e. The standard InChI is InChI=1S/C23H27NO3/c1-26-20-9-6-10-21(27-2)22(20)23(25)17-13-18-11-12-19(14-17)24(18)15-16-7-4-3-5-8-16/h3-10,17-19H,11-15H2,1-2H3. The highest BCUT2D eigenvalue weighted by molar-refractivity contribution is 6.03. The van der Waals surface area contributed by atoms with E-state index in [-0.39, 0.29) is 11.7 Å². The fourth-order valence-electron chi connectivity index (χ4n) is 4.84. The van der Waals surface area contributed by atoms with Gasteiger partial charge in [-0.2, -0.15) is 0 Å². The number of ketones is 1. The van der Waals surface area contributed by atoms with Gasteiger partial charge >= 0.3 is 0 Å². The lowest BCUT2D eigenvalue weighted by molar-refractivity contribution is 0.0673. The van der Waals surface area contributed by atoms with Crippen LogP contribution in [0.5, 0.6) is 11.5 Å². The van der Waals surface area contributed by atoms with E-state index in [9.17, 15) is 4.79 Å². The highest BCUT2D eigenvalue weighted by Gasteiger charge is 2.43. The van der Waals surface area contributed by atoms with Gasteiger partial charge in [0.25, 0.3) is 0 Å². The minimum absolute atomic E-state index is 0.0414. The molecular weight excluding hydrogens is 338 g/mol. The number of benzene rings is 2. The van der Waals surface area contributed by atoms with Crippen molar-refractivity contribution in [2.24, 2.45) is 5.92 Å². The summed E-state index contributed by atoms with van der Waals surface area (Å²) in [5.74, 6) is 1.43. The number of nitrogens with zero attached hydrogens (tertiary/aromatic N) is 1. The van der Waals surface area contributed by atoms with Gasteiger partial charge in [0.05, 0.1) is 14.2 Å². The van der Waals surface area contributed by atoms with E-state index in [1.165, 1.54) is 18.4 Å². The molecule has 2 fully saturated rings. The SMILES string of the molecule is COc1cccc(OC)c1C(=O)C1CC2CCC(C1)N2Cc1ccccc1. The average Bonchev–Trinajstić information content (AvgIpc) is 2.94. The maximum absolute atomic E-state index is 13.4. The van der Waals surface area contributed by atoms with Crippen LogP contribution in [0.4, 0.5) is 0 Å². The Hall–Kier alpha value is -2.33. The molecule has 0 aromatic heterocycles. The number of piperidine rings is 1. The molecular formula is C23H27NO3. The maximum Gasteiger partial charge on any atom is 0.173 e. The molecule has 2 atom stereocenters. The van der Waals surface area contributed by atoms with Crippen LogP contribution in [0.3, 0.4) is 0 Å². The summed E-state index contributed by atoms with van der Waals surface area (Å²) in [5, 5.41) is 0. The molecule has 2 aromatic rings. The van der Waals surface area contributed by atoms with Gasteiger partial charge in [-0.1, -0.05) is 36.4 Å². The van der Waals surface area contributed by atoms with Crippen molar-refractivity contribution in [2.75, 3.05) is 14.2 Å². The zero-order valence-electron chi connectivity index (χ0n) is 16.1. The summed E-state index contributed by atoms with van der Waals surface area (Å²) in [5.41, 5.74) is 1.95. The number of rotatable bonds is 6. The average molecular weight is 365 g/mol. The quantitative estimate of drug-likeness (QED) is 0.714. The fourth-order valence-corrected chi connectivity index (χ4v) is 4.84. The number of fused-ring (bicyclic) bond motifs is 2. The summed E-state index contributed by atoms with van der Waals surface area (Å²) in [4.78, 5) is 16.0. The summed E-state index contributed by atoms with van der Waals surface area (Å²) in [6.45, 7) is 0.981. The Balaban J connectivity index is 1.53. The van der Waals surface area contributed by atoms with E-state index in [0.29, 0.717) is 29.1 Å². The van der Waals surface area contributed by atoms with E-state index in [2.05, 4.69) is 35.2 Å². The molecule has 142 valence electrons. The molecule has 0 aliphatic carbocycles. The molecule has 0 radical (unpaired) electrons. The first-order valence-corrected chi connectivity index (χ1v) is 9.76. The van der Waals surface area contributed by atoms with Crippen molar-refractivity contribution in [2.45, 2.75) is 44.3 Å². The molecule has 0 amide bonds. The summed E-state index contributed by atoms with van der Waals surface area (Å²) in [6, 6.07) is 17.2. The summed E-state index contributed by atoms with van der Waals surface area (Å²) in [6.07, 6.45) is 4.21. The van der Waals surface area contributed by atoms with Gasteiger partial charge in [0, 0.05) is 24.5 Å². The molecule has 4 rings (SSSR count). The van der Waals surface area contributed by atoms with E-state index < -0.39 is 0 Å². The van der Waals surface area contributed by atoms with Crippen LogP contribution in [0.1, 0.15) is 41.6 Å². The molecule has 2 aliphatic rings. The Bertz CT molecular complexity index is 768. The number of ether oxygens (including phenoxy) is 2. The third-order valence-electron chi connectivity index (χ3n) is 6.14. The van der Waals surface area contributed by atoms with Gasteiger partial charge in [-0.25, -0.2) is 0 Å². The molecule has 2 aromatic carbocycles. The molecule has 2 heterocycles. The molecule has 0 spiro atoms. The lowest BCUT2D eigenvalue weighted by atomic mass is 9.84. The number of carbonyl (C=O) groups excluding carboxylic acids is 1. The van der Waals surface area contributed by atoms with E-state index in [0.717, 1.165) is 19.4 Å². The topological polar surface area (TPSA) is 38.8 Å². The highest BCUT2D eigenvalue weighted by Crippen LogP contribution is 2.42. The second-order valence-corrected chi connectivity index (χ2v) is 7.61. The lowest BCUT2D eigenvalue weighted by Crippen LogP contribution is -2.44. The van der Waals surface area contributed by atoms with Gasteiger partial charge in [-0.15, -0.1) is 0 Å². The molecule has 2 saturated heterocycles. The van der Waals surface area contributed by atoms with Crippen LogP contribution in [0.15, 0.2) is 48.5 Å². The first kappa shape index (κ1) is 18.1. The fraction of sp³-hybridized carbons (Fsp3) is 0.435. The van der Waals surface area contributed by atoms with Crippen LogP contribution < -0.4 is 9.47 Å². The predicted molar refractivity (Wildman–Crippen MR) is 105 cm³/mol. The minimum Gasteiger partial charge on any atom is -0.496 e. The third-order valence-corrected chi connectivity index (χ3v) is 6.14. The normalized spacial score (nSPS) is 24.6. The number of methoxy groups -OCH3 is 2. The molecule has 2 bridgehead atoms. The first-order valence-electron chi connectivity index (χ1n) is 9.76. The van der Waals surface area contributed by atoms with Crippen LogP contribution >= 0.6 is 0 Å². The molecule has 2 unspecified atom stereocenters. The van der Waals surface area contributed by atoms with Crippen molar-refractivity contribution in [3.63, 3.8) is 0 Å². The number of carbonyl (C=O) groups is 1. The van der Waals surface area contributed by atoms with Crippen molar-refractivity contribution in [1.82, 2.24) is 4.90 Å². The Morgan fingerprint density at radius 3 is 2.07 bits per heavy atom. The van der Waals surface area contributed by atoms with Crippen molar-refractivity contribution in [3.05, 3.63) is 59.7 Å². The second-order valence-electron chi connectivity index (χ2n) is 7.61. The smallest absolute Gasteiger partial charge is 0.173 e.